The molecule has 3 heterocycles. The monoisotopic (exact) mass is 358 g/mol. The first-order valence-electron chi connectivity index (χ1n) is 8.28. The molecule has 1 N–H and O–H groups in total. The highest BCUT2D eigenvalue weighted by atomic mass is 32.1. The van der Waals surface area contributed by atoms with E-state index < -0.39 is 0 Å². The van der Waals surface area contributed by atoms with Gasteiger partial charge in [0.1, 0.15) is 0 Å². The van der Waals surface area contributed by atoms with Crippen molar-refractivity contribution in [3.05, 3.63) is 54.1 Å². The molecule has 0 aromatic carbocycles. The molecule has 2 aromatic rings. The second kappa shape index (κ2) is 7.65. The number of thiocarbonyl (C=S) groups is 1. The standard InChI is InChI=1S/C18H22N4O2S/c1-21-11-5-8-14(21)17-16(13-7-3-4-10-19-13)20-18(25)22(17)12-6-9-15(23)24-2/h3-5,7-8,10-11,16-17H,6,9,12H2,1-2H3,(H,20,25). The van der Waals surface area contributed by atoms with Crippen LogP contribution >= 0.6 is 12.2 Å². The molecule has 2 unspecified atom stereocenters. The van der Waals surface area contributed by atoms with Crippen molar-refractivity contribution in [2.24, 2.45) is 7.05 Å². The molecule has 132 valence electrons. The Hall–Kier alpha value is -2.41. The molecule has 1 saturated heterocycles. The van der Waals surface area contributed by atoms with Crippen molar-refractivity contribution >= 4 is 23.3 Å². The number of aromatic nitrogens is 2. The van der Waals surface area contributed by atoms with Gasteiger partial charge in [0.2, 0.25) is 0 Å². The van der Waals surface area contributed by atoms with Crippen molar-refractivity contribution in [1.82, 2.24) is 19.8 Å². The van der Waals surface area contributed by atoms with E-state index in [-0.39, 0.29) is 18.1 Å². The molecular formula is C18H22N4O2S. The molecule has 0 aliphatic carbocycles. The molecule has 1 aliphatic heterocycles. The van der Waals surface area contributed by atoms with Gasteiger partial charge >= 0.3 is 5.97 Å². The van der Waals surface area contributed by atoms with Crippen LogP contribution in [0, 0.1) is 0 Å². The first kappa shape index (κ1) is 17.4. The third-order valence-electron chi connectivity index (χ3n) is 4.49. The van der Waals surface area contributed by atoms with Gasteiger partial charge in [-0.3, -0.25) is 9.78 Å². The summed E-state index contributed by atoms with van der Waals surface area (Å²) in [6, 6.07) is 10.0. The minimum absolute atomic E-state index is 0.0274. The van der Waals surface area contributed by atoms with Gasteiger partial charge in [0.25, 0.3) is 0 Å². The summed E-state index contributed by atoms with van der Waals surface area (Å²) in [6.45, 7) is 0.681. The number of ether oxygens (including phenoxy) is 1. The van der Waals surface area contributed by atoms with Crippen molar-refractivity contribution in [2.75, 3.05) is 13.7 Å². The van der Waals surface area contributed by atoms with Gasteiger partial charge < -0.3 is 19.5 Å². The van der Waals surface area contributed by atoms with Crippen LogP contribution in [0.15, 0.2) is 42.7 Å². The molecule has 0 amide bonds. The molecule has 25 heavy (non-hydrogen) atoms. The zero-order valence-corrected chi connectivity index (χ0v) is 15.2. The van der Waals surface area contributed by atoms with Gasteiger partial charge in [0.05, 0.1) is 24.9 Å². The molecule has 1 aliphatic rings. The van der Waals surface area contributed by atoms with E-state index in [0.717, 1.165) is 11.4 Å². The number of pyridine rings is 1. The highest BCUT2D eigenvalue weighted by Gasteiger charge is 2.40. The van der Waals surface area contributed by atoms with Gasteiger partial charge in [-0.1, -0.05) is 6.07 Å². The van der Waals surface area contributed by atoms with Crippen LogP contribution < -0.4 is 5.32 Å². The van der Waals surface area contributed by atoms with Crippen LogP contribution in [0.4, 0.5) is 0 Å². The van der Waals surface area contributed by atoms with Crippen molar-refractivity contribution < 1.29 is 9.53 Å². The van der Waals surface area contributed by atoms with Crippen LogP contribution in [0.2, 0.25) is 0 Å². The van der Waals surface area contributed by atoms with Crippen LogP contribution in [-0.2, 0) is 16.6 Å². The van der Waals surface area contributed by atoms with E-state index in [2.05, 4.69) is 25.8 Å². The fraction of sp³-hybridized carbons (Fsp3) is 0.389. The average molecular weight is 358 g/mol. The van der Waals surface area contributed by atoms with E-state index in [1.54, 1.807) is 6.20 Å². The fourth-order valence-electron chi connectivity index (χ4n) is 3.25. The maximum absolute atomic E-state index is 11.4. The number of nitrogens with one attached hydrogen (secondary N) is 1. The molecule has 0 saturated carbocycles. The van der Waals surface area contributed by atoms with E-state index in [1.807, 2.05) is 37.5 Å². The smallest absolute Gasteiger partial charge is 0.305 e. The molecule has 0 bridgehead atoms. The van der Waals surface area contributed by atoms with Crippen LogP contribution in [0.25, 0.3) is 0 Å². The average Bonchev–Trinajstić information content (AvgIpc) is 3.18. The van der Waals surface area contributed by atoms with E-state index in [9.17, 15) is 4.79 Å². The summed E-state index contributed by atoms with van der Waals surface area (Å²) in [5.74, 6) is -0.199. The Kier molecular flexibility index (Phi) is 5.33. The Morgan fingerprint density at radius 3 is 2.84 bits per heavy atom. The molecule has 3 rings (SSSR count). The minimum Gasteiger partial charge on any atom is -0.469 e. The summed E-state index contributed by atoms with van der Waals surface area (Å²) in [6.07, 6.45) is 4.88. The number of aryl methyl sites for hydroxylation is 1. The van der Waals surface area contributed by atoms with E-state index in [1.165, 1.54) is 7.11 Å². The van der Waals surface area contributed by atoms with Gasteiger partial charge in [0, 0.05) is 38.1 Å². The Morgan fingerprint density at radius 2 is 2.20 bits per heavy atom. The van der Waals surface area contributed by atoms with Crippen molar-refractivity contribution in [3.8, 4) is 0 Å². The molecular weight excluding hydrogens is 336 g/mol. The summed E-state index contributed by atoms with van der Waals surface area (Å²) in [7, 11) is 3.44. The van der Waals surface area contributed by atoms with E-state index >= 15 is 0 Å². The maximum atomic E-state index is 11.4. The SMILES string of the molecule is COC(=O)CCCN1C(=S)NC(c2ccccn2)C1c1cccn1C. The lowest BCUT2D eigenvalue weighted by Crippen LogP contribution is -2.31. The van der Waals surface area contributed by atoms with Gasteiger partial charge in [-0.2, -0.15) is 0 Å². The summed E-state index contributed by atoms with van der Waals surface area (Å²) in [5.41, 5.74) is 2.10. The lowest BCUT2D eigenvalue weighted by atomic mass is 10.0. The predicted molar refractivity (Wildman–Crippen MR) is 98.8 cm³/mol. The van der Waals surface area contributed by atoms with Crippen LogP contribution in [0.5, 0.6) is 0 Å². The number of methoxy groups -OCH3 is 1. The quantitative estimate of drug-likeness (QED) is 0.632. The summed E-state index contributed by atoms with van der Waals surface area (Å²) < 4.78 is 6.83. The minimum atomic E-state index is -0.199. The number of carbonyl (C=O) groups is 1. The lowest BCUT2D eigenvalue weighted by Gasteiger charge is -2.28. The number of rotatable bonds is 6. The third kappa shape index (κ3) is 3.66. The number of carbonyl (C=O) groups excluding carboxylic acids is 1. The van der Waals surface area contributed by atoms with Crippen LogP contribution in [0.3, 0.4) is 0 Å². The number of esters is 1. The fourth-order valence-corrected chi connectivity index (χ4v) is 3.58. The second-order valence-corrected chi connectivity index (χ2v) is 6.43. The lowest BCUT2D eigenvalue weighted by molar-refractivity contribution is -0.140. The second-order valence-electron chi connectivity index (χ2n) is 6.04. The first-order chi connectivity index (χ1) is 12.1. The highest BCUT2D eigenvalue weighted by Crippen LogP contribution is 2.38. The van der Waals surface area contributed by atoms with E-state index in [0.29, 0.717) is 24.5 Å². The molecule has 7 heteroatoms. The van der Waals surface area contributed by atoms with Gasteiger partial charge in [-0.15, -0.1) is 0 Å². The number of hydrogen-bond donors (Lipinski definition) is 1. The van der Waals surface area contributed by atoms with Gasteiger partial charge in [-0.05, 0) is 42.9 Å². The topological polar surface area (TPSA) is 59.4 Å². The summed E-state index contributed by atoms with van der Waals surface area (Å²) in [4.78, 5) is 18.1. The largest absolute Gasteiger partial charge is 0.469 e. The Morgan fingerprint density at radius 1 is 1.36 bits per heavy atom. The molecule has 0 radical (unpaired) electrons. The third-order valence-corrected chi connectivity index (χ3v) is 4.84. The zero-order chi connectivity index (χ0) is 17.8. The Bertz CT molecular complexity index is 747. The normalized spacial score (nSPS) is 19.8. The van der Waals surface area contributed by atoms with Gasteiger partial charge in [-0.25, -0.2) is 0 Å². The summed E-state index contributed by atoms with van der Waals surface area (Å²) in [5, 5.41) is 4.09. The molecule has 2 atom stereocenters. The first-order valence-corrected chi connectivity index (χ1v) is 8.68. The maximum Gasteiger partial charge on any atom is 0.305 e. The Balaban J connectivity index is 1.86. The van der Waals surface area contributed by atoms with Crippen molar-refractivity contribution in [2.45, 2.75) is 24.9 Å². The number of nitrogens with zero attached hydrogens (tertiary/aromatic N) is 3. The zero-order valence-electron chi connectivity index (χ0n) is 14.4. The predicted octanol–water partition coefficient (Wildman–Crippen LogP) is 2.35. The molecule has 0 spiro atoms. The molecule has 1 fully saturated rings. The highest BCUT2D eigenvalue weighted by molar-refractivity contribution is 7.80. The van der Waals surface area contributed by atoms with Crippen molar-refractivity contribution in [1.29, 1.82) is 0 Å². The number of hydrogen-bond acceptors (Lipinski definition) is 4. The molecule has 6 nitrogen and oxygen atoms in total. The molecule has 2 aromatic heterocycles. The van der Waals surface area contributed by atoms with Crippen molar-refractivity contribution in [3.63, 3.8) is 0 Å². The Labute approximate surface area is 152 Å². The van der Waals surface area contributed by atoms with Crippen LogP contribution in [0.1, 0.15) is 36.3 Å². The van der Waals surface area contributed by atoms with Crippen LogP contribution in [-0.4, -0.2) is 39.2 Å². The van der Waals surface area contributed by atoms with E-state index in [4.69, 9.17) is 17.0 Å². The van der Waals surface area contributed by atoms with Gasteiger partial charge in [0.15, 0.2) is 5.11 Å². The summed E-state index contributed by atoms with van der Waals surface area (Å²) >= 11 is 5.58.